The van der Waals surface area contributed by atoms with E-state index < -0.39 is 35.0 Å². The minimum Gasteiger partial charge on any atom is -0.461 e. The van der Waals surface area contributed by atoms with Gasteiger partial charge in [-0.2, -0.15) is 0 Å². The molecule has 0 saturated carbocycles. The molecule has 2 unspecified atom stereocenters. The number of amides is 2. The lowest BCUT2D eigenvalue weighted by atomic mass is 9.66. The Bertz CT molecular complexity index is 800. The molecule has 0 aromatic rings. The van der Waals surface area contributed by atoms with Crippen molar-refractivity contribution in [2.24, 2.45) is 11.8 Å². The predicted molar refractivity (Wildman–Crippen MR) is 128 cm³/mol. The van der Waals surface area contributed by atoms with Crippen molar-refractivity contribution in [3.8, 4) is 0 Å². The maximum absolute atomic E-state index is 14.0. The van der Waals surface area contributed by atoms with Crippen LogP contribution >= 0.6 is 0 Å². The van der Waals surface area contributed by atoms with Gasteiger partial charge in [0.05, 0.1) is 11.5 Å². The molecule has 3 heterocycles. The SMILES string of the molecule is C=CCOC(=O)[C@H]1[C@H]2C(=O)N(CCCCO)C(C(=O)N(CC=C)CCCCC)C23CC[C@]1(C)O3. The molecule has 190 valence electrons. The van der Waals surface area contributed by atoms with Gasteiger partial charge in [-0.15, -0.1) is 6.58 Å². The molecule has 0 aromatic heterocycles. The Labute approximate surface area is 202 Å². The van der Waals surface area contributed by atoms with Crippen LogP contribution in [0.15, 0.2) is 25.3 Å². The van der Waals surface area contributed by atoms with E-state index in [1.165, 1.54) is 6.08 Å². The number of nitrogens with zero attached hydrogens (tertiary/aromatic N) is 2. The molecule has 0 aliphatic carbocycles. The van der Waals surface area contributed by atoms with E-state index in [1.807, 2.05) is 6.92 Å². The molecule has 34 heavy (non-hydrogen) atoms. The fourth-order valence-corrected chi connectivity index (χ4v) is 6.10. The molecule has 3 aliphatic rings. The number of esters is 1. The fourth-order valence-electron chi connectivity index (χ4n) is 6.10. The summed E-state index contributed by atoms with van der Waals surface area (Å²) < 4.78 is 11.9. The van der Waals surface area contributed by atoms with Gasteiger partial charge in [-0.05, 0) is 39.0 Å². The Morgan fingerprint density at radius 3 is 2.65 bits per heavy atom. The van der Waals surface area contributed by atoms with Crippen LogP contribution in [0, 0.1) is 11.8 Å². The Morgan fingerprint density at radius 2 is 2.00 bits per heavy atom. The number of aliphatic hydroxyl groups is 1. The molecule has 3 fully saturated rings. The Morgan fingerprint density at radius 1 is 1.24 bits per heavy atom. The van der Waals surface area contributed by atoms with Gasteiger partial charge in [-0.25, -0.2) is 0 Å². The standard InChI is InChI=1S/C26H40N2O6/c1-5-8-9-15-27(14-6-2)23(31)21-26-13-12-25(4,34-26)20(24(32)33-18-7-3)19(26)22(30)28(21)16-10-11-17-29/h6-7,19-21,29H,2-3,5,8-18H2,1,4H3/t19-,20+,21?,25-,26?/m0/s1. The summed E-state index contributed by atoms with van der Waals surface area (Å²) in [6.07, 6.45) is 8.32. The second-order valence-corrected chi connectivity index (χ2v) is 9.89. The van der Waals surface area contributed by atoms with Gasteiger partial charge in [-0.1, -0.05) is 38.5 Å². The van der Waals surface area contributed by atoms with E-state index >= 15 is 0 Å². The highest BCUT2D eigenvalue weighted by Gasteiger charge is 2.78. The van der Waals surface area contributed by atoms with E-state index in [9.17, 15) is 19.5 Å². The Hall–Kier alpha value is -2.19. The van der Waals surface area contributed by atoms with E-state index in [2.05, 4.69) is 20.1 Å². The summed E-state index contributed by atoms with van der Waals surface area (Å²) in [5, 5.41) is 9.27. The first-order valence-electron chi connectivity index (χ1n) is 12.6. The number of hydrogen-bond acceptors (Lipinski definition) is 6. The van der Waals surface area contributed by atoms with Crippen molar-refractivity contribution < 1.29 is 29.0 Å². The highest BCUT2D eigenvalue weighted by Crippen LogP contribution is 2.63. The van der Waals surface area contributed by atoms with Crippen LogP contribution in [0.1, 0.15) is 58.8 Å². The second-order valence-electron chi connectivity index (χ2n) is 9.89. The minimum atomic E-state index is -1.05. The number of hydrogen-bond donors (Lipinski definition) is 1. The number of ether oxygens (including phenoxy) is 2. The van der Waals surface area contributed by atoms with Crippen LogP contribution in [0.5, 0.6) is 0 Å². The average molecular weight is 477 g/mol. The molecule has 1 N–H and O–H groups in total. The van der Waals surface area contributed by atoms with Crippen molar-refractivity contribution in [2.45, 2.75) is 76.0 Å². The van der Waals surface area contributed by atoms with Crippen molar-refractivity contribution in [1.82, 2.24) is 9.80 Å². The third-order valence-electron chi connectivity index (χ3n) is 7.61. The summed E-state index contributed by atoms with van der Waals surface area (Å²) in [4.78, 5) is 44.3. The molecule has 3 rings (SSSR count). The normalized spacial score (nSPS) is 31.4. The highest BCUT2D eigenvalue weighted by molar-refractivity contribution is 5.98. The number of carbonyl (C=O) groups is 3. The number of likely N-dealkylation sites (tertiary alicyclic amines) is 1. The monoisotopic (exact) mass is 476 g/mol. The quantitative estimate of drug-likeness (QED) is 0.235. The van der Waals surface area contributed by atoms with Gasteiger partial charge in [0.2, 0.25) is 11.8 Å². The number of rotatable bonds is 14. The maximum atomic E-state index is 14.0. The third kappa shape index (κ3) is 4.54. The molecule has 0 aromatic carbocycles. The predicted octanol–water partition coefficient (Wildman–Crippen LogP) is 2.46. The van der Waals surface area contributed by atoms with Crippen LogP contribution < -0.4 is 0 Å². The van der Waals surface area contributed by atoms with E-state index in [4.69, 9.17) is 9.47 Å². The van der Waals surface area contributed by atoms with Crippen LogP contribution in [0.3, 0.4) is 0 Å². The first kappa shape index (κ1) is 26.4. The van der Waals surface area contributed by atoms with E-state index in [0.717, 1.165) is 19.3 Å². The molecular weight excluding hydrogens is 436 g/mol. The van der Waals surface area contributed by atoms with E-state index in [1.54, 1.807) is 15.9 Å². The number of carbonyl (C=O) groups excluding carboxylic acids is 3. The molecular formula is C26H40N2O6. The van der Waals surface area contributed by atoms with Crippen LogP contribution in [-0.4, -0.2) is 82.8 Å². The molecule has 3 saturated heterocycles. The molecule has 5 atom stereocenters. The lowest BCUT2D eigenvalue weighted by Crippen LogP contribution is -2.56. The third-order valence-corrected chi connectivity index (χ3v) is 7.61. The average Bonchev–Trinajstić information content (AvgIpc) is 3.38. The fraction of sp³-hybridized carbons (Fsp3) is 0.731. The zero-order valence-electron chi connectivity index (χ0n) is 20.7. The molecule has 2 bridgehead atoms. The van der Waals surface area contributed by atoms with Gasteiger partial charge in [-0.3, -0.25) is 14.4 Å². The zero-order valence-corrected chi connectivity index (χ0v) is 20.7. The first-order chi connectivity index (χ1) is 16.3. The first-order valence-corrected chi connectivity index (χ1v) is 12.6. The maximum Gasteiger partial charge on any atom is 0.313 e. The lowest BCUT2D eigenvalue weighted by molar-refractivity contribution is -0.159. The minimum absolute atomic E-state index is 0.0138. The van der Waals surface area contributed by atoms with E-state index in [0.29, 0.717) is 45.3 Å². The smallest absolute Gasteiger partial charge is 0.313 e. The second kappa shape index (κ2) is 11.0. The number of unbranched alkanes of at least 4 members (excludes halogenated alkanes) is 3. The van der Waals surface area contributed by atoms with Crippen molar-refractivity contribution in [3.63, 3.8) is 0 Å². The van der Waals surface area contributed by atoms with Crippen LogP contribution in [0.4, 0.5) is 0 Å². The van der Waals surface area contributed by atoms with Gasteiger partial charge in [0, 0.05) is 26.2 Å². The van der Waals surface area contributed by atoms with Crippen LogP contribution in [-0.2, 0) is 23.9 Å². The molecule has 1 spiro atoms. The Balaban J connectivity index is 1.98. The van der Waals surface area contributed by atoms with Crippen LogP contribution in [0.25, 0.3) is 0 Å². The van der Waals surface area contributed by atoms with Gasteiger partial charge >= 0.3 is 5.97 Å². The summed E-state index contributed by atoms with van der Waals surface area (Å²) in [5.74, 6) is -2.38. The molecule has 8 heteroatoms. The zero-order chi connectivity index (χ0) is 24.9. The van der Waals surface area contributed by atoms with Crippen molar-refractivity contribution in [1.29, 1.82) is 0 Å². The van der Waals surface area contributed by atoms with Crippen LogP contribution in [0.2, 0.25) is 0 Å². The highest BCUT2D eigenvalue weighted by atomic mass is 16.6. The van der Waals surface area contributed by atoms with Crippen molar-refractivity contribution in [3.05, 3.63) is 25.3 Å². The van der Waals surface area contributed by atoms with Crippen molar-refractivity contribution in [2.75, 3.05) is 32.8 Å². The molecule has 3 aliphatic heterocycles. The number of fused-ring (bicyclic) bond motifs is 1. The molecule has 2 amide bonds. The van der Waals surface area contributed by atoms with Crippen molar-refractivity contribution >= 4 is 17.8 Å². The largest absolute Gasteiger partial charge is 0.461 e. The summed E-state index contributed by atoms with van der Waals surface area (Å²) in [7, 11) is 0. The lowest BCUT2D eigenvalue weighted by Gasteiger charge is -2.37. The van der Waals surface area contributed by atoms with Gasteiger partial charge in [0.1, 0.15) is 24.2 Å². The van der Waals surface area contributed by atoms with Gasteiger partial charge in [0.15, 0.2) is 0 Å². The molecule has 8 nitrogen and oxygen atoms in total. The number of aliphatic hydroxyl groups excluding tert-OH is 1. The topological polar surface area (TPSA) is 96.4 Å². The Kier molecular flexibility index (Phi) is 8.57. The summed E-state index contributed by atoms with van der Waals surface area (Å²) >= 11 is 0. The molecule has 0 radical (unpaired) electrons. The van der Waals surface area contributed by atoms with Gasteiger partial charge < -0.3 is 24.4 Å². The summed E-state index contributed by atoms with van der Waals surface area (Å²) in [6, 6.07) is -0.802. The summed E-state index contributed by atoms with van der Waals surface area (Å²) in [6.45, 7) is 12.8. The van der Waals surface area contributed by atoms with E-state index in [-0.39, 0.29) is 25.0 Å². The summed E-state index contributed by atoms with van der Waals surface area (Å²) in [5.41, 5.74) is -1.90. The van der Waals surface area contributed by atoms with Gasteiger partial charge in [0.25, 0.3) is 0 Å².